The van der Waals surface area contributed by atoms with Gasteiger partial charge in [0.1, 0.15) is 0 Å². The zero-order valence-electron chi connectivity index (χ0n) is 11.1. The summed E-state index contributed by atoms with van der Waals surface area (Å²) in [5.41, 5.74) is -0.113. The quantitative estimate of drug-likeness (QED) is 0.788. The zero-order chi connectivity index (χ0) is 14.3. The van der Waals surface area contributed by atoms with E-state index < -0.39 is 11.9 Å². The molecule has 0 aliphatic rings. The van der Waals surface area contributed by atoms with E-state index in [0.717, 1.165) is 0 Å². The largest absolute Gasteiger partial charge is 0.351 e. The predicted octanol–water partition coefficient (Wildman–Crippen LogP) is 1.21. The average Bonchev–Trinajstić information content (AvgIpc) is 2.40. The number of nitrogens with one attached hydrogen (secondary N) is 1. The lowest BCUT2D eigenvalue weighted by atomic mass is 10.2. The number of carbonyl (C=O) groups excluding carboxylic acids is 2. The summed E-state index contributed by atoms with van der Waals surface area (Å²) in [4.78, 5) is 28.4. The molecule has 0 saturated heterocycles. The van der Waals surface area contributed by atoms with Crippen LogP contribution < -0.4 is 5.32 Å². The number of carbonyl (C=O) groups is 2. The van der Waals surface area contributed by atoms with Gasteiger partial charge < -0.3 is 10.2 Å². The maximum atomic E-state index is 13.2. The summed E-state index contributed by atoms with van der Waals surface area (Å²) in [5.74, 6) is -1.40. The highest BCUT2D eigenvalue weighted by molar-refractivity contribution is 5.94. The van der Waals surface area contributed by atoms with E-state index in [9.17, 15) is 14.0 Å². The molecule has 0 unspecified atom stereocenters. The van der Waals surface area contributed by atoms with Gasteiger partial charge >= 0.3 is 0 Å². The Balaban J connectivity index is 2.44. The number of rotatable bonds is 6. The van der Waals surface area contributed by atoms with E-state index in [1.807, 2.05) is 13.8 Å². The summed E-state index contributed by atoms with van der Waals surface area (Å²) >= 11 is 0. The first-order valence-corrected chi connectivity index (χ1v) is 6.26. The average molecular weight is 267 g/mol. The van der Waals surface area contributed by atoms with Gasteiger partial charge in [-0.05, 0) is 26.0 Å². The third kappa shape index (κ3) is 4.31. The van der Waals surface area contributed by atoms with E-state index in [-0.39, 0.29) is 24.4 Å². The molecule has 2 amide bonds. The molecule has 0 fully saturated rings. The van der Waals surface area contributed by atoms with Crippen molar-refractivity contribution in [1.29, 1.82) is 0 Å². The molecule has 0 aliphatic heterocycles. The van der Waals surface area contributed by atoms with Crippen molar-refractivity contribution in [3.8, 4) is 0 Å². The van der Waals surface area contributed by atoms with Gasteiger partial charge in [0.05, 0.1) is 5.56 Å². The molecule has 19 heavy (non-hydrogen) atoms. The highest BCUT2D eigenvalue weighted by Crippen LogP contribution is 2.02. The number of nitrogens with zero attached hydrogens (tertiary/aromatic N) is 2. The molecule has 6 heteroatoms. The lowest BCUT2D eigenvalue weighted by Crippen LogP contribution is -2.34. The number of aromatic nitrogens is 1. The van der Waals surface area contributed by atoms with Crippen molar-refractivity contribution in [1.82, 2.24) is 15.2 Å². The van der Waals surface area contributed by atoms with E-state index >= 15 is 0 Å². The second kappa shape index (κ2) is 7.45. The van der Waals surface area contributed by atoms with Crippen molar-refractivity contribution in [2.24, 2.45) is 0 Å². The van der Waals surface area contributed by atoms with Crippen LogP contribution in [0.15, 0.2) is 18.3 Å². The Hall–Kier alpha value is -1.98. The standard InChI is InChI=1S/C13H18FN3O2/c1-3-17(4-2)11(18)7-9-16-13(19)10-6-5-8-15-12(10)14/h5-6,8H,3-4,7,9H2,1-2H3,(H,16,19). The molecule has 0 bridgehead atoms. The van der Waals surface area contributed by atoms with Gasteiger partial charge in [-0.15, -0.1) is 0 Å². The van der Waals surface area contributed by atoms with Gasteiger partial charge in [-0.2, -0.15) is 4.39 Å². The summed E-state index contributed by atoms with van der Waals surface area (Å²) in [6.07, 6.45) is 1.48. The number of hydrogen-bond donors (Lipinski definition) is 1. The van der Waals surface area contributed by atoms with Crippen molar-refractivity contribution in [3.05, 3.63) is 29.8 Å². The smallest absolute Gasteiger partial charge is 0.255 e. The summed E-state index contributed by atoms with van der Waals surface area (Å²) in [7, 11) is 0. The Bertz CT molecular complexity index is 447. The Kier molecular flexibility index (Phi) is 5.92. The molecule has 104 valence electrons. The maximum Gasteiger partial charge on any atom is 0.255 e. The third-order valence-electron chi connectivity index (χ3n) is 2.74. The molecular weight excluding hydrogens is 249 g/mol. The number of pyridine rings is 1. The molecular formula is C13H18FN3O2. The maximum absolute atomic E-state index is 13.2. The first kappa shape index (κ1) is 15.1. The van der Waals surface area contributed by atoms with Crippen LogP contribution in [0.3, 0.4) is 0 Å². The first-order chi connectivity index (χ1) is 9.10. The van der Waals surface area contributed by atoms with Crippen LogP contribution in [0.2, 0.25) is 0 Å². The van der Waals surface area contributed by atoms with Crippen LogP contribution in [0, 0.1) is 5.95 Å². The van der Waals surface area contributed by atoms with Crippen LogP contribution in [0.4, 0.5) is 4.39 Å². The van der Waals surface area contributed by atoms with Crippen molar-refractivity contribution >= 4 is 11.8 Å². The van der Waals surface area contributed by atoms with Gasteiger partial charge in [0, 0.05) is 32.3 Å². The van der Waals surface area contributed by atoms with Crippen LogP contribution in [-0.4, -0.2) is 41.3 Å². The SMILES string of the molecule is CCN(CC)C(=O)CCNC(=O)c1cccnc1F. The molecule has 1 heterocycles. The molecule has 0 aliphatic carbocycles. The van der Waals surface area contributed by atoms with Crippen molar-refractivity contribution in [3.63, 3.8) is 0 Å². The molecule has 1 rings (SSSR count). The number of hydrogen-bond acceptors (Lipinski definition) is 3. The second-order valence-corrected chi connectivity index (χ2v) is 3.91. The molecule has 0 saturated carbocycles. The summed E-state index contributed by atoms with van der Waals surface area (Å²) < 4.78 is 13.2. The molecule has 0 radical (unpaired) electrons. The normalized spacial score (nSPS) is 10.1. The summed E-state index contributed by atoms with van der Waals surface area (Å²) in [6, 6.07) is 2.84. The Labute approximate surface area is 111 Å². The van der Waals surface area contributed by atoms with E-state index in [4.69, 9.17) is 0 Å². The van der Waals surface area contributed by atoms with Gasteiger partial charge in [-0.25, -0.2) is 4.98 Å². The predicted molar refractivity (Wildman–Crippen MR) is 69.1 cm³/mol. The van der Waals surface area contributed by atoms with Crippen LogP contribution >= 0.6 is 0 Å². The zero-order valence-corrected chi connectivity index (χ0v) is 11.1. The van der Waals surface area contributed by atoms with Gasteiger partial charge in [0.2, 0.25) is 11.9 Å². The highest BCUT2D eigenvalue weighted by atomic mass is 19.1. The minimum Gasteiger partial charge on any atom is -0.351 e. The van der Waals surface area contributed by atoms with Crippen LogP contribution in [-0.2, 0) is 4.79 Å². The van der Waals surface area contributed by atoms with Gasteiger partial charge in [-0.3, -0.25) is 9.59 Å². The van der Waals surface area contributed by atoms with E-state index in [2.05, 4.69) is 10.3 Å². The minimum atomic E-state index is -0.810. The van der Waals surface area contributed by atoms with Crippen molar-refractivity contribution in [2.75, 3.05) is 19.6 Å². The van der Waals surface area contributed by atoms with Gasteiger partial charge in [0.15, 0.2) is 0 Å². The van der Waals surface area contributed by atoms with Crippen LogP contribution in [0.25, 0.3) is 0 Å². The summed E-state index contributed by atoms with van der Waals surface area (Å²) in [6.45, 7) is 5.25. The van der Waals surface area contributed by atoms with Crippen LogP contribution in [0.1, 0.15) is 30.6 Å². The molecule has 0 spiro atoms. The lowest BCUT2D eigenvalue weighted by Gasteiger charge is -2.18. The highest BCUT2D eigenvalue weighted by Gasteiger charge is 2.13. The Morgan fingerprint density at radius 1 is 1.37 bits per heavy atom. The molecule has 0 aromatic carbocycles. The minimum absolute atomic E-state index is 0.0306. The lowest BCUT2D eigenvalue weighted by molar-refractivity contribution is -0.130. The molecule has 1 aromatic heterocycles. The van der Waals surface area contributed by atoms with Crippen LogP contribution in [0.5, 0.6) is 0 Å². The molecule has 1 aromatic rings. The van der Waals surface area contributed by atoms with Crippen molar-refractivity contribution < 1.29 is 14.0 Å². The van der Waals surface area contributed by atoms with Crippen molar-refractivity contribution in [2.45, 2.75) is 20.3 Å². The molecule has 0 atom stereocenters. The summed E-state index contributed by atoms with van der Waals surface area (Å²) in [5, 5.41) is 2.51. The fourth-order valence-corrected chi connectivity index (χ4v) is 1.67. The Morgan fingerprint density at radius 2 is 2.05 bits per heavy atom. The fourth-order valence-electron chi connectivity index (χ4n) is 1.67. The van der Waals surface area contributed by atoms with E-state index in [1.54, 1.807) is 4.90 Å². The number of halogens is 1. The second-order valence-electron chi connectivity index (χ2n) is 3.91. The Morgan fingerprint density at radius 3 is 2.63 bits per heavy atom. The first-order valence-electron chi connectivity index (χ1n) is 6.26. The third-order valence-corrected chi connectivity index (χ3v) is 2.74. The van der Waals surface area contributed by atoms with E-state index in [0.29, 0.717) is 13.1 Å². The molecule has 5 nitrogen and oxygen atoms in total. The monoisotopic (exact) mass is 267 g/mol. The molecule has 1 N–H and O–H groups in total. The number of amides is 2. The van der Waals surface area contributed by atoms with Gasteiger partial charge in [-0.1, -0.05) is 0 Å². The van der Waals surface area contributed by atoms with E-state index in [1.165, 1.54) is 18.3 Å². The van der Waals surface area contributed by atoms with Gasteiger partial charge in [0.25, 0.3) is 5.91 Å². The fraction of sp³-hybridized carbons (Fsp3) is 0.462. The topological polar surface area (TPSA) is 62.3 Å².